The SMILES string of the molecule is C[C@@H](Cl)C(=O)Nc1nc2ccc(OCc3ccccc3)cc2s1. The van der Waals surface area contributed by atoms with E-state index in [0.29, 0.717) is 11.7 Å². The monoisotopic (exact) mass is 346 g/mol. The molecule has 0 saturated heterocycles. The molecule has 3 aromatic rings. The molecule has 0 bridgehead atoms. The van der Waals surface area contributed by atoms with Crippen molar-refractivity contribution in [3.05, 3.63) is 54.1 Å². The number of hydrogen-bond acceptors (Lipinski definition) is 4. The Morgan fingerprint density at radius 3 is 2.83 bits per heavy atom. The molecule has 0 aliphatic heterocycles. The number of thiazole rings is 1. The molecule has 0 saturated carbocycles. The Labute approximate surface area is 143 Å². The van der Waals surface area contributed by atoms with E-state index in [1.54, 1.807) is 6.92 Å². The van der Waals surface area contributed by atoms with E-state index in [2.05, 4.69) is 10.3 Å². The Bertz CT molecular complexity index is 818. The zero-order valence-corrected chi connectivity index (χ0v) is 14.0. The maximum absolute atomic E-state index is 11.6. The summed E-state index contributed by atoms with van der Waals surface area (Å²) in [6.45, 7) is 2.14. The molecule has 2 aromatic carbocycles. The number of halogens is 1. The Hall–Kier alpha value is -2.11. The third-order valence-electron chi connectivity index (χ3n) is 3.20. The van der Waals surface area contributed by atoms with E-state index in [9.17, 15) is 4.79 Å². The normalized spacial score (nSPS) is 12.1. The first-order chi connectivity index (χ1) is 11.1. The highest BCUT2D eigenvalue weighted by Crippen LogP contribution is 2.29. The molecule has 0 radical (unpaired) electrons. The number of nitrogens with zero attached hydrogens (tertiary/aromatic N) is 1. The van der Waals surface area contributed by atoms with Crippen LogP contribution in [0.1, 0.15) is 12.5 Å². The van der Waals surface area contributed by atoms with Crippen LogP contribution in [0.3, 0.4) is 0 Å². The lowest BCUT2D eigenvalue weighted by Gasteiger charge is -2.05. The fourth-order valence-corrected chi connectivity index (χ4v) is 2.95. The summed E-state index contributed by atoms with van der Waals surface area (Å²) in [5.41, 5.74) is 1.93. The Kier molecular flexibility index (Phi) is 4.79. The number of fused-ring (bicyclic) bond motifs is 1. The lowest BCUT2D eigenvalue weighted by atomic mass is 10.2. The van der Waals surface area contributed by atoms with Crippen LogP contribution in [0.15, 0.2) is 48.5 Å². The molecule has 1 heterocycles. The van der Waals surface area contributed by atoms with Crippen molar-refractivity contribution in [3.63, 3.8) is 0 Å². The lowest BCUT2D eigenvalue weighted by Crippen LogP contribution is -2.19. The maximum Gasteiger partial charge on any atom is 0.243 e. The topological polar surface area (TPSA) is 51.2 Å². The summed E-state index contributed by atoms with van der Waals surface area (Å²) in [5.74, 6) is 0.514. The molecule has 1 amide bonds. The quantitative estimate of drug-likeness (QED) is 0.695. The number of nitrogens with one attached hydrogen (secondary N) is 1. The minimum atomic E-state index is -0.591. The van der Waals surface area contributed by atoms with Crippen molar-refractivity contribution in [2.45, 2.75) is 18.9 Å². The smallest absolute Gasteiger partial charge is 0.243 e. The van der Waals surface area contributed by atoms with Crippen LogP contribution in [0.25, 0.3) is 10.2 Å². The average Bonchev–Trinajstić information content (AvgIpc) is 2.95. The van der Waals surface area contributed by atoms with Gasteiger partial charge in [0.15, 0.2) is 5.13 Å². The van der Waals surface area contributed by atoms with E-state index in [4.69, 9.17) is 16.3 Å². The molecular formula is C17H15ClN2O2S. The van der Waals surface area contributed by atoms with Crippen molar-refractivity contribution in [2.24, 2.45) is 0 Å². The van der Waals surface area contributed by atoms with E-state index in [0.717, 1.165) is 21.5 Å². The Balaban J connectivity index is 1.72. The summed E-state index contributed by atoms with van der Waals surface area (Å²) in [4.78, 5) is 16.0. The molecule has 1 atom stereocenters. The summed E-state index contributed by atoms with van der Waals surface area (Å²) < 4.78 is 6.75. The van der Waals surface area contributed by atoms with Gasteiger partial charge in [0.1, 0.15) is 17.7 Å². The van der Waals surface area contributed by atoms with E-state index < -0.39 is 5.38 Å². The minimum absolute atomic E-state index is 0.258. The van der Waals surface area contributed by atoms with Crippen molar-refractivity contribution in [1.29, 1.82) is 0 Å². The van der Waals surface area contributed by atoms with Crippen molar-refractivity contribution >= 4 is 44.2 Å². The van der Waals surface area contributed by atoms with Crippen LogP contribution in [-0.4, -0.2) is 16.3 Å². The second-order valence-electron chi connectivity index (χ2n) is 5.03. The van der Waals surface area contributed by atoms with E-state index >= 15 is 0 Å². The number of amides is 1. The molecule has 0 unspecified atom stereocenters. The molecule has 3 rings (SSSR count). The molecule has 6 heteroatoms. The van der Waals surface area contributed by atoms with Crippen molar-refractivity contribution < 1.29 is 9.53 Å². The molecule has 0 aliphatic carbocycles. The number of rotatable bonds is 5. The highest BCUT2D eigenvalue weighted by molar-refractivity contribution is 7.22. The zero-order valence-electron chi connectivity index (χ0n) is 12.5. The molecule has 118 valence electrons. The van der Waals surface area contributed by atoms with Gasteiger partial charge in [-0.25, -0.2) is 4.98 Å². The van der Waals surface area contributed by atoms with Gasteiger partial charge in [-0.1, -0.05) is 41.7 Å². The molecule has 23 heavy (non-hydrogen) atoms. The van der Waals surface area contributed by atoms with Gasteiger partial charge < -0.3 is 10.1 Å². The largest absolute Gasteiger partial charge is 0.489 e. The van der Waals surface area contributed by atoms with Gasteiger partial charge in [-0.3, -0.25) is 4.79 Å². The minimum Gasteiger partial charge on any atom is -0.489 e. The third-order valence-corrected chi connectivity index (χ3v) is 4.33. The molecule has 1 aromatic heterocycles. The first-order valence-corrected chi connectivity index (χ1v) is 8.39. The van der Waals surface area contributed by atoms with E-state index in [1.165, 1.54) is 11.3 Å². The van der Waals surface area contributed by atoms with Crippen LogP contribution in [0.4, 0.5) is 5.13 Å². The third kappa shape index (κ3) is 4.00. The number of alkyl halides is 1. The standard InChI is InChI=1S/C17H15ClN2O2S/c1-11(18)16(21)20-17-19-14-8-7-13(9-15(14)23-17)22-10-12-5-3-2-4-6-12/h2-9,11H,10H2,1H3,(H,19,20,21)/t11-/m1/s1. The molecule has 0 spiro atoms. The lowest BCUT2D eigenvalue weighted by molar-refractivity contribution is -0.115. The number of carbonyl (C=O) groups is 1. The molecule has 0 aliphatic rings. The fourth-order valence-electron chi connectivity index (χ4n) is 1.99. The predicted molar refractivity (Wildman–Crippen MR) is 94.3 cm³/mol. The highest BCUT2D eigenvalue weighted by atomic mass is 35.5. The molecule has 1 N–H and O–H groups in total. The van der Waals surface area contributed by atoms with E-state index in [1.807, 2.05) is 48.5 Å². The van der Waals surface area contributed by atoms with Gasteiger partial charge in [0.05, 0.1) is 10.2 Å². The average molecular weight is 347 g/mol. The van der Waals surface area contributed by atoms with Gasteiger partial charge in [-0.05, 0) is 30.7 Å². The van der Waals surface area contributed by atoms with Crippen molar-refractivity contribution in [2.75, 3.05) is 5.32 Å². The van der Waals surface area contributed by atoms with Gasteiger partial charge in [-0.2, -0.15) is 0 Å². The van der Waals surface area contributed by atoms with Gasteiger partial charge in [0.2, 0.25) is 5.91 Å². The number of carbonyl (C=O) groups excluding carboxylic acids is 1. The number of aromatic nitrogens is 1. The maximum atomic E-state index is 11.6. The number of benzene rings is 2. The first kappa shape index (κ1) is 15.8. The summed E-state index contributed by atoms with van der Waals surface area (Å²) in [6.07, 6.45) is 0. The van der Waals surface area contributed by atoms with Crippen molar-refractivity contribution in [1.82, 2.24) is 4.98 Å². The summed E-state index contributed by atoms with van der Waals surface area (Å²) in [5, 5.41) is 2.65. The summed E-state index contributed by atoms with van der Waals surface area (Å²) >= 11 is 7.14. The van der Waals surface area contributed by atoms with Crippen LogP contribution in [0, 0.1) is 0 Å². The second-order valence-corrected chi connectivity index (χ2v) is 6.71. The number of hydrogen-bond donors (Lipinski definition) is 1. The summed E-state index contributed by atoms with van der Waals surface area (Å²) in [6, 6.07) is 15.7. The first-order valence-electron chi connectivity index (χ1n) is 7.14. The molecular weight excluding hydrogens is 332 g/mol. The van der Waals surface area contributed by atoms with E-state index in [-0.39, 0.29) is 5.91 Å². The zero-order chi connectivity index (χ0) is 16.2. The number of ether oxygens (including phenoxy) is 1. The van der Waals surface area contributed by atoms with Gasteiger partial charge >= 0.3 is 0 Å². The molecule has 4 nitrogen and oxygen atoms in total. The van der Waals surface area contributed by atoms with Crippen molar-refractivity contribution in [3.8, 4) is 5.75 Å². The van der Waals surface area contributed by atoms with Gasteiger partial charge in [-0.15, -0.1) is 11.6 Å². The Morgan fingerprint density at radius 2 is 2.09 bits per heavy atom. The van der Waals surface area contributed by atoms with Crippen LogP contribution in [-0.2, 0) is 11.4 Å². The second kappa shape index (κ2) is 6.98. The molecule has 0 fully saturated rings. The Morgan fingerprint density at radius 1 is 1.30 bits per heavy atom. The van der Waals surface area contributed by atoms with Crippen LogP contribution < -0.4 is 10.1 Å². The van der Waals surface area contributed by atoms with Crippen LogP contribution >= 0.6 is 22.9 Å². The predicted octanol–water partition coefficient (Wildman–Crippen LogP) is 4.44. The van der Waals surface area contributed by atoms with Crippen LogP contribution in [0.5, 0.6) is 5.75 Å². The number of anilines is 1. The van der Waals surface area contributed by atoms with Gasteiger partial charge in [0, 0.05) is 0 Å². The summed E-state index contributed by atoms with van der Waals surface area (Å²) in [7, 11) is 0. The fraction of sp³-hybridized carbons (Fsp3) is 0.176. The van der Waals surface area contributed by atoms with Crippen LogP contribution in [0.2, 0.25) is 0 Å². The van der Waals surface area contributed by atoms with Gasteiger partial charge in [0.25, 0.3) is 0 Å². The highest BCUT2D eigenvalue weighted by Gasteiger charge is 2.12.